The molecule has 0 aliphatic carbocycles. The highest BCUT2D eigenvalue weighted by Gasteiger charge is 2.21. The first-order valence-corrected chi connectivity index (χ1v) is 8.28. The summed E-state index contributed by atoms with van der Waals surface area (Å²) < 4.78 is 1.70. The summed E-state index contributed by atoms with van der Waals surface area (Å²) in [7, 11) is 0. The Balaban J connectivity index is 1.89. The number of nitrogens with zero attached hydrogens (tertiary/aromatic N) is 3. The van der Waals surface area contributed by atoms with E-state index in [9.17, 15) is 4.79 Å². The summed E-state index contributed by atoms with van der Waals surface area (Å²) in [5.41, 5.74) is 1.93. The van der Waals surface area contributed by atoms with E-state index in [4.69, 9.17) is 0 Å². The van der Waals surface area contributed by atoms with Crippen LogP contribution in [-0.4, -0.2) is 26.9 Å². The summed E-state index contributed by atoms with van der Waals surface area (Å²) in [6.07, 6.45) is 5.04. The number of hydrogen-bond donors (Lipinski definition) is 0. The van der Waals surface area contributed by atoms with Crippen LogP contribution in [0.25, 0.3) is 4.96 Å². The SMILES string of the molecule is CCC1CCCCN1Cc1cc(=O)n2c(C)csc2n1. The van der Waals surface area contributed by atoms with E-state index in [-0.39, 0.29) is 5.56 Å². The molecule has 1 fully saturated rings. The van der Waals surface area contributed by atoms with Crippen molar-refractivity contribution in [1.82, 2.24) is 14.3 Å². The average Bonchev–Trinajstić information content (AvgIpc) is 2.81. The van der Waals surface area contributed by atoms with Crippen LogP contribution in [0.3, 0.4) is 0 Å². The summed E-state index contributed by atoms with van der Waals surface area (Å²) in [5.74, 6) is 0. The highest BCUT2D eigenvalue weighted by atomic mass is 32.1. The van der Waals surface area contributed by atoms with E-state index in [0.717, 1.165) is 29.4 Å². The third-order valence-electron chi connectivity index (χ3n) is 4.21. The predicted octanol–water partition coefficient (Wildman–Crippen LogP) is 2.83. The van der Waals surface area contributed by atoms with Gasteiger partial charge in [-0.1, -0.05) is 13.3 Å². The second kappa shape index (κ2) is 5.66. The maximum Gasteiger partial charge on any atom is 0.259 e. The van der Waals surface area contributed by atoms with Crippen molar-refractivity contribution in [1.29, 1.82) is 0 Å². The molecule has 4 nitrogen and oxygen atoms in total. The average molecular weight is 291 g/mol. The summed E-state index contributed by atoms with van der Waals surface area (Å²) in [6.45, 7) is 6.13. The molecule has 1 aliphatic rings. The van der Waals surface area contributed by atoms with Crippen LogP contribution < -0.4 is 5.56 Å². The normalized spacial score (nSPS) is 20.6. The van der Waals surface area contributed by atoms with Gasteiger partial charge in [-0.25, -0.2) is 4.98 Å². The number of piperidine rings is 1. The Hall–Kier alpha value is -1.20. The molecule has 0 radical (unpaired) electrons. The summed E-state index contributed by atoms with van der Waals surface area (Å²) in [4.78, 5) is 20.1. The largest absolute Gasteiger partial charge is 0.295 e. The molecule has 0 saturated carbocycles. The van der Waals surface area contributed by atoms with Gasteiger partial charge in [0.05, 0.1) is 5.69 Å². The van der Waals surface area contributed by atoms with Crippen molar-refractivity contribution in [2.75, 3.05) is 6.54 Å². The number of hydrogen-bond acceptors (Lipinski definition) is 4. The zero-order valence-electron chi connectivity index (χ0n) is 12.1. The standard InChI is InChI=1S/C15H21N3OS/c1-3-13-6-4-5-7-17(13)9-12-8-14(19)18-11(2)10-20-15(18)16-12/h8,10,13H,3-7,9H2,1-2H3. The first-order valence-electron chi connectivity index (χ1n) is 7.40. The molecule has 0 N–H and O–H groups in total. The number of rotatable bonds is 3. The summed E-state index contributed by atoms with van der Waals surface area (Å²) in [6, 6.07) is 2.35. The first-order chi connectivity index (χ1) is 9.69. The number of thiazole rings is 1. The summed E-state index contributed by atoms with van der Waals surface area (Å²) >= 11 is 1.54. The molecule has 1 unspecified atom stereocenters. The number of likely N-dealkylation sites (tertiary alicyclic amines) is 1. The Labute approximate surface area is 123 Å². The van der Waals surface area contributed by atoms with Crippen molar-refractivity contribution in [3.8, 4) is 0 Å². The van der Waals surface area contributed by atoms with Gasteiger partial charge < -0.3 is 0 Å². The van der Waals surface area contributed by atoms with Gasteiger partial charge in [-0.3, -0.25) is 14.1 Å². The Morgan fingerprint density at radius 3 is 3.10 bits per heavy atom. The van der Waals surface area contributed by atoms with Gasteiger partial charge in [0.1, 0.15) is 0 Å². The van der Waals surface area contributed by atoms with Crippen LogP contribution in [0.1, 0.15) is 44.0 Å². The van der Waals surface area contributed by atoms with E-state index < -0.39 is 0 Å². The fraction of sp³-hybridized carbons (Fsp3) is 0.600. The van der Waals surface area contributed by atoms with Crippen LogP contribution in [0.15, 0.2) is 16.2 Å². The molecule has 0 aromatic carbocycles. The molecule has 0 amide bonds. The lowest BCUT2D eigenvalue weighted by Crippen LogP contribution is -2.38. The van der Waals surface area contributed by atoms with E-state index in [1.165, 1.54) is 25.7 Å². The maximum absolute atomic E-state index is 12.2. The molecule has 3 heterocycles. The van der Waals surface area contributed by atoms with Crippen LogP contribution in [-0.2, 0) is 6.54 Å². The van der Waals surface area contributed by atoms with Crippen LogP contribution >= 0.6 is 11.3 Å². The van der Waals surface area contributed by atoms with E-state index in [1.54, 1.807) is 21.8 Å². The smallest absolute Gasteiger partial charge is 0.259 e. The lowest BCUT2D eigenvalue weighted by atomic mass is 10.00. The van der Waals surface area contributed by atoms with Gasteiger partial charge in [0.25, 0.3) is 5.56 Å². The Morgan fingerprint density at radius 2 is 2.30 bits per heavy atom. The number of aromatic nitrogens is 2. The van der Waals surface area contributed by atoms with Crippen molar-refractivity contribution >= 4 is 16.3 Å². The quantitative estimate of drug-likeness (QED) is 0.872. The molecule has 2 aromatic heterocycles. The molecule has 1 atom stereocenters. The second-order valence-electron chi connectivity index (χ2n) is 5.61. The Kier molecular flexibility index (Phi) is 3.89. The molecule has 0 bridgehead atoms. The Bertz CT molecular complexity index is 661. The van der Waals surface area contributed by atoms with Crippen molar-refractivity contribution in [2.24, 2.45) is 0 Å². The van der Waals surface area contributed by atoms with Crippen molar-refractivity contribution < 1.29 is 0 Å². The zero-order chi connectivity index (χ0) is 14.1. The van der Waals surface area contributed by atoms with Gasteiger partial charge in [-0.05, 0) is 32.7 Å². The van der Waals surface area contributed by atoms with Crippen LogP contribution in [0.2, 0.25) is 0 Å². The molecule has 1 aliphatic heterocycles. The van der Waals surface area contributed by atoms with Gasteiger partial charge in [0.15, 0.2) is 4.96 Å². The van der Waals surface area contributed by atoms with Gasteiger partial charge in [-0.15, -0.1) is 11.3 Å². The fourth-order valence-corrected chi connectivity index (χ4v) is 4.01. The highest BCUT2D eigenvalue weighted by Crippen LogP contribution is 2.21. The van der Waals surface area contributed by atoms with Gasteiger partial charge in [0.2, 0.25) is 0 Å². The molecule has 3 rings (SSSR count). The highest BCUT2D eigenvalue weighted by molar-refractivity contribution is 7.15. The molecule has 108 valence electrons. The Morgan fingerprint density at radius 1 is 1.45 bits per heavy atom. The fourth-order valence-electron chi connectivity index (χ4n) is 3.12. The molecule has 2 aromatic rings. The molecule has 0 spiro atoms. The van der Waals surface area contributed by atoms with Crippen molar-refractivity contribution in [2.45, 2.75) is 52.1 Å². The lowest BCUT2D eigenvalue weighted by Gasteiger charge is -2.34. The first kappa shape index (κ1) is 13.8. The third-order valence-corrected chi connectivity index (χ3v) is 5.16. The van der Waals surface area contributed by atoms with E-state index in [1.807, 2.05) is 12.3 Å². The predicted molar refractivity (Wildman–Crippen MR) is 82.4 cm³/mol. The monoisotopic (exact) mass is 291 g/mol. The summed E-state index contributed by atoms with van der Waals surface area (Å²) in [5, 5.41) is 1.99. The van der Waals surface area contributed by atoms with Gasteiger partial charge in [-0.2, -0.15) is 0 Å². The minimum absolute atomic E-state index is 0.0498. The topological polar surface area (TPSA) is 37.6 Å². The lowest BCUT2D eigenvalue weighted by molar-refractivity contribution is 0.134. The molecular formula is C15H21N3OS. The van der Waals surface area contributed by atoms with E-state index in [2.05, 4.69) is 16.8 Å². The number of aryl methyl sites for hydroxylation is 1. The van der Waals surface area contributed by atoms with Gasteiger partial charge in [0, 0.05) is 29.7 Å². The van der Waals surface area contributed by atoms with Crippen molar-refractivity contribution in [3.63, 3.8) is 0 Å². The molecule has 1 saturated heterocycles. The van der Waals surface area contributed by atoms with Crippen LogP contribution in [0.5, 0.6) is 0 Å². The second-order valence-corrected chi connectivity index (χ2v) is 6.45. The van der Waals surface area contributed by atoms with Crippen molar-refractivity contribution in [3.05, 3.63) is 33.2 Å². The molecule has 20 heavy (non-hydrogen) atoms. The minimum atomic E-state index is 0.0498. The minimum Gasteiger partial charge on any atom is -0.295 e. The maximum atomic E-state index is 12.2. The molecule has 5 heteroatoms. The van der Waals surface area contributed by atoms with Crippen LogP contribution in [0, 0.1) is 6.92 Å². The zero-order valence-corrected chi connectivity index (χ0v) is 12.9. The number of fused-ring (bicyclic) bond motifs is 1. The van der Waals surface area contributed by atoms with Crippen LogP contribution in [0.4, 0.5) is 0 Å². The third kappa shape index (κ3) is 2.52. The van der Waals surface area contributed by atoms with E-state index in [0.29, 0.717) is 6.04 Å². The van der Waals surface area contributed by atoms with Gasteiger partial charge >= 0.3 is 0 Å². The van der Waals surface area contributed by atoms with E-state index >= 15 is 0 Å². The molecular weight excluding hydrogens is 270 g/mol.